The smallest absolute Gasteiger partial charge is 0.323 e. The normalized spacial score (nSPS) is 22.6. The van der Waals surface area contributed by atoms with Gasteiger partial charge in [0, 0.05) is 12.6 Å². The molecule has 0 bridgehead atoms. The van der Waals surface area contributed by atoms with Gasteiger partial charge in [-0.25, -0.2) is 0 Å². The second kappa shape index (κ2) is 4.74. The van der Waals surface area contributed by atoms with Crippen LogP contribution in [-0.4, -0.2) is 36.6 Å². The molecular weight excluding hydrogens is 202 g/mol. The Labute approximate surface area is 98.1 Å². The summed E-state index contributed by atoms with van der Waals surface area (Å²) in [6, 6.07) is 0.687. The number of esters is 1. The maximum Gasteiger partial charge on any atom is 0.323 e. The highest BCUT2D eigenvalue weighted by atomic mass is 16.5. The molecule has 16 heavy (non-hydrogen) atoms. The minimum absolute atomic E-state index is 0.0185. The fraction of sp³-hybridized carbons (Fsp3) is 0.923. The lowest BCUT2D eigenvalue weighted by molar-refractivity contribution is -0.148. The van der Waals surface area contributed by atoms with E-state index in [1.54, 1.807) is 0 Å². The molecule has 0 spiro atoms. The molecule has 2 fully saturated rings. The van der Waals surface area contributed by atoms with Crippen molar-refractivity contribution in [3.63, 3.8) is 0 Å². The van der Waals surface area contributed by atoms with Gasteiger partial charge in [0.2, 0.25) is 0 Å². The van der Waals surface area contributed by atoms with E-state index in [1.807, 2.05) is 0 Å². The highest BCUT2D eigenvalue weighted by Crippen LogP contribution is 2.40. The fourth-order valence-electron chi connectivity index (χ4n) is 2.45. The van der Waals surface area contributed by atoms with Crippen LogP contribution in [0.15, 0.2) is 0 Å². The lowest BCUT2D eigenvalue weighted by Gasteiger charge is -2.31. The number of methoxy groups -OCH3 is 1. The number of hydrogen-bond donors (Lipinski definition) is 0. The number of rotatable bonds is 6. The van der Waals surface area contributed by atoms with Gasteiger partial charge < -0.3 is 4.74 Å². The first-order chi connectivity index (χ1) is 7.63. The quantitative estimate of drug-likeness (QED) is 0.648. The van der Waals surface area contributed by atoms with Crippen LogP contribution in [0.2, 0.25) is 0 Å². The predicted molar refractivity (Wildman–Crippen MR) is 63.1 cm³/mol. The van der Waals surface area contributed by atoms with E-state index in [0.717, 1.165) is 6.54 Å². The van der Waals surface area contributed by atoms with Crippen LogP contribution in [0.25, 0.3) is 0 Å². The number of hydrogen-bond acceptors (Lipinski definition) is 3. The van der Waals surface area contributed by atoms with Crippen LogP contribution in [0, 0.1) is 11.8 Å². The zero-order chi connectivity index (χ0) is 11.7. The van der Waals surface area contributed by atoms with E-state index in [9.17, 15) is 4.79 Å². The van der Waals surface area contributed by atoms with Crippen molar-refractivity contribution in [2.24, 2.45) is 11.8 Å². The van der Waals surface area contributed by atoms with Gasteiger partial charge in [-0.05, 0) is 37.5 Å². The van der Waals surface area contributed by atoms with Crippen LogP contribution in [0.1, 0.15) is 39.5 Å². The van der Waals surface area contributed by atoms with Gasteiger partial charge in [-0.3, -0.25) is 9.69 Å². The summed E-state index contributed by atoms with van der Waals surface area (Å²) < 4.78 is 4.97. The Bertz CT molecular complexity index is 257. The summed E-state index contributed by atoms with van der Waals surface area (Å²) in [5, 5.41) is 0. The van der Waals surface area contributed by atoms with Crippen molar-refractivity contribution < 1.29 is 9.53 Å². The molecule has 0 aromatic rings. The molecule has 1 atom stereocenters. The maximum atomic E-state index is 11.9. The zero-order valence-corrected chi connectivity index (χ0v) is 10.6. The topological polar surface area (TPSA) is 29.5 Å². The molecule has 3 heteroatoms. The Morgan fingerprint density at radius 2 is 1.94 bits per heavy atom. The first-order valence-corrected chi connectivity index (χ1v) is 6.47. The summed E-state index contributed by atoms with van der Waals surface area (Å²) in [6.07, 6.45) is 4.90. The van der Waals surface area contributed by atoms with Crippen LogP contribution in [0.4, 0.5) is 0 Å². The standard InChI is InChI=1S/C13H23NO2/c1-9(2)8-14(11-6-7-11)12(10-4-5-10)13(15)16-3/h9-12H,4-8H2,1-3H3. The van der Waals surface area contributed by atoms with E-state index in [0.29, 0.717) is 17.9 Å². The van der Waals surface area contributed by atoms with Crippen LogP contribution in [0.5, 0.6) is 0 Å². The predicted octanol–water partition coefficient (Wildman–Crippen LogP) is 2.06. The summed E-state index contributed by atoms with van der Waals surface area (Å²) in [7, 11) is 1.51. The minimum atomic E-state index is -0.0185. The molecular formula is C13H23NO2. The molecule has 92 valence electrons. The monoisotopic (exact) mass is 225 g/mol. The molecule has 0 radical (unpaired) electrons. The Hall–Kier alpha value is -0.570. The summed E-state index contributed by atoms with van der Waals surface area (Å²) >= 11 is 0. The molecule has 2 rings (SSSR count). The second-order valence-corrected chi connectivity index (χ2v) is 5.63. The van der Waals surface area contributed by atoms with Gasteiger partial charge in [0.25, 0.3) is 0 Å². The van der Waals surface area contributed by atoms with Crippen molar-refractivity contribution in [2.75, 3.05) is 13.7 Å². The third kappa shape index (κ3) is 2.76. The number of ether oxygens (including phenoxy) is 1. The largest absolute Gasteiger partial charge is 0.468 e. The molecule has 1 unspecified atom stereocenters. The van der Waals surface area contributed by atoms with Crippen LogP contribution in [0.3, 0.4) is 0 Å². The third-order valence-corrected chi connectivity index (χ3v) is 3.46. The van der Waals surface area contributed by atoms with E-state index in [4.69, 9.17) is 4.74 Å². The Balaban J connectivity index is 2.04. The third-order valence-electron chi connectivity index (χ3n) is 3.46. The Kier molecular flexibility index (Phi) is 3.53. The average Bonchev–Trinajstić information content (AvgIpc) is 3.07. The Morgan fingerprint density at radius 1 is 1.31 bits per heavy atom. The van der Waals surface area contributed by atoms with E-state index < -0.39 is 0 Å². The molecule has 2 aliphatic rings. The molecule has 0 aliphatic heterocycles. The molecule has 0 saturated heterocycles. The lowest BCUT2D eigenvalue weighted by Crippen LogP contribution is -2.46. The fourth-order valence-corrected chi connectivity index (χ4v) is 2.45. The van der Waals surface area contributed by atoms with E-state index in [2.05, 4.69) is 18.7 Å². The van der Waals surface area contributed by atoms with Crippen molar-refractivity contribution >= 4 is 5.97 Å². The molecule has 3 nitrogen and oxygen atoms in total. The molecule has 2 saturated carbocycles. The van der Waals surface area contributed by atoms with Gasteiger partial charge in [0.1, 0.15) is 6.04 Å². The number of nitrogens with zero attached hydrogens (tertiary/aromatic N) is 1. The number of carbonyl (C=O) groups excluding carboxylic acids is 1. The van der Waals surface area contributed by atoms with Crippen molar-refractivity contribution in [3.8, 4) is 0 Å². The van der Waals surface area contributed by atoms with Crippen molar-refractivity contribution in [1.29, 1.82) is 0 Å². The minimum Gasteiger partial charge on any atom is -0.468 e. The first kappa shape index (κ1) is 11.9. The summed E-state index contributed by atoms with van der Waals surface area (Å²) in [4.78, 5) is 14.3. The zero-order valence-electron chi connectivity index (χ0n) is 10.6. The molecule has 0 heterocycles. The van der Waals surface area contributed by atoms with Gasteiger partial charge in [-0.2, -0.15) is 0 Å². The average molecular weight is 225 g/mol. The number of carbonyl (C=O) groups is 1. The van der Waals surface area contributed by atoms with Crippen molar-refractivity contribution in [2.45, 2.75) is 51.6 Å². The van der Waals surface area contributed by atoms with Crippen LogP contribution >= 0.6 is 0 Å². The molecule has 0 amide bonds. The van der Waals surface area contributed by atoms with Crippen molar-refractivity contribution in [1.82, 2.24) is 4.90 Å². The summed E-state index contributed by atoms with van der Waals surface area (Å²) in [5.74, 6) is 1.16. The maximum absolute atomic E-state index is 11.9. The lowest BCUT2D eigenvalue weighted by atomic mass is 10.1. The highest BCUT2D eigenvalue weighted by molar-refractivity contribution is 5.76. The molecule has 0 N–H and O–H groups in total. The van der Waals surface area contributed by atoms with Crippen molar-refractivity contribution in [3.05, 3.63) is 0 Å². The summed E-state index contributed by atoms with van der Waals surface area (Å²) in [5.41, 5.74) is 0. The second-order valence-electron chi connectivity index (χ2n) is 5.63. The van der Waals surface area contributed by atoms with Gasteiger partial charge in [0.05, 0.1) is 7.11 Å². The molecule has 0 aromatic carbocycles. The molecule has 0 aromatic heterocycles. The van der Waals surface area contributed by atoms with Gasteiger partial charge in [0.15, 0.2) is 0 Å². The van der Waals surface area contributed by atoms with Crippen LogP contribution < -0.4 is 0 Å². The van der Waals surface area contributed by atoms with Crippen LogP contribution in [-0.2, 0) is 9.53 Å². The highest BCUT2D eigenvalue weighted by Gasteiger charge is 2.45. The molecule has 2 aliphatic carbocycles. The Morgan fingerprint density at radius 3 is 2.31 bits per heavy atom. The van der Waals surface area contributed by atoms with Gasteiger partial charge >= 0.3 is 5.97 Å². The SMILES string of the molecule is COC(=O)C(C1CC1)N(CC(C)C)C1CC1. The van der Waals surface area contributed by atoms with Gasteiger partial charge in [-0.15, -0.1) is 0 Å². The van der Waals surface area contributed by atoms with E-state index in [1.165, 1.54) is 32.8 Å². The summed E-state index contributed by atoms with van der Waals surface area (Å²) in [6.45, 7) is 5.47. The van der Waals surface area contributed by atoms with Gasteiger partial charge in [-0.1, -0.05) is 13.8 Å². The first-order valence-electron chi connectivity index (χ1n) is 6.47. The van der Waals surface area contributed by atoms with E-state index in [-0.39, 0.29) is 12.0 Å². The van der Waals surface area contributed by atoms with E-state index >= 15 is 0 Å².